The highest BCUT2D eigenvalue weighted by molar-refractivity contribution is 5.95. The fourth-order valence-corrected chi connectivity index (χ4v) is 1.93. The maximum atomic E-state index is 11.4. The van der Waals surface area contributed by atoms with Crippen molar-refractivity contribution < 1.29 is 14.7 Å². The zero-order chi connectivity index (χ0) is 14.4. The summed E-state index contributed by atoms with van der Waals surface area (Å²) in [5.41, 5.74) is 1.56. The number of aliphatic carboxylic acids is 1. The fourth-order valence-electron chi connectivity index (χ4n) is 1.93. The minimum Gasteiger partial charge on any atom is -0.481 e. The third-order valence-electron chi connectivity index (χ3n) is 3.03. The maximum Gasteiger partial charge on any atom is 0.308 e. The van der Waals surface area contributed by atoms with Crippen LogP contribution in [0.3, 0.4) is 0 Å². The molecule has 0 saturated heterocycles. The van der Waals surface area contributed by atoms with E-state index in [0.29, 0.717) is 12.1 Å². The highest BCUT2D eigenvalue weighted by atomic mass is 16.4. The highest BCUT2D eigenvalue weighted by Gasteiger charge is 2.16. The van der Waals surface area contributed by atoms with Crippen LogP contribution in [0.2, 0.25) is 0 Å². The Balaban J connectivity index is 2.95. The number of anilines is 1. The lowest BCUT2D eigenvalue weighted by Gasteiger charge is -2.26. The smallest absolute Gasteiger partial charge is 0.308 e. The first-order chi connectivity index (χ1) is 8.95. The Hall–Kier alpha value is -1.84. The van der Waals surface area contributed by atoms with Crippen LogP contribution in [0.25, 0.3) is 0 Å². The second-order valence-corrected chi connectivity index (χ2v) is 4.79. The van der Waals surface area contributed by atoms with Crippen LogP contribution in [0.1, 0.15) is 37.6 Å². The molecule has 19 heavy (non-hydrogen) atoms. The van der Waals surface area contributed by atoms with Crippen LogP contribution in [0.4, 0.5) is 5.69 Å². The van der Waals surface area contributed by atoms with E-state index in [9.17, 15) is 9.59 Å². The first kappa shape index (κ1) is 15.2. The van der Waals surface area contributed by atoms with Crippen LogP contribution in [0.5, 0.6) is 0 Å². The molecule has 104 valence electrons. The largest absolute Gasteiger partial charge is 0.481 e. The number of carbonyl (C=O) groups is 2. The van der Waals surface area contributed by atoms with Crippen molar-refractivity contribution in [1.29, 1.82) is 0 Å². The van der Waals surface area contributed by atoms with Gasteiger partial charge in [0.2, 0.25) is 0 Å². The summed E-state index contributed by atoms with van der Waals surface area (Å²) < 4.78 is 0. The first-order valence-electron chi connectivity index (χ1n) is 6.54. The number of carboxylic acids is 1. The summed E-state index contributed by atoms with van der Waals surface area (Å²) >= 11 is 0. The highest BCUT2D eigenvalue weighted by Crippen LogP contribution is 2.18. The monoisotopic (exact) mass is 263 g/mol. The van der Waals surface area contributed by atoms with Gasteiger partial charge in [0.05, 0.1) is 5.92 Å². The Morgan fingerprint density at radius 1 is 1.37 bits per heavy atom. The van der Waals surface area contributed by atoms with Crippen molar-refractivity contribution in [3.63, 3.8) is 0 Å². The lowest BCUT2D eigenvalue weighted by molar-refractivity contribution is -0.140. The van der Waals surface area contributed by atoms with Gasteiger partial charge in [-0.15, -0.1) is 0 Å². The first-order valence-corrected chi connectivity index (χ1v) is 6.54. The second-order valence-electron chi connectivity index (χ2n) is 4.79. The number of benzene rings is 1. The third kappa shape index (κ3) is 4.39. The van der Waals surface area contributed by atoms with E-state index in [2.05, 4.69) is 0 Å². The van der Waals surface area contributed by atoms with Gasteiger partial charge in [-0.2, -0.15) is 0 Å². The summed E-state index contributed by atoms with van der Waals surface area (Å²) in [6, 6.07) is 7.35. The van der Waals surface area contributed by atoms with Gasteiger partial charge in [0.1, 0.15) is 0 Å². The van der Waals surface area contributed by atoms with Gasteiger partial charge < -0.3 is 10.0 Å². The molecule has 0 saturated carbocycles. The van der Waals surface area contributed by atoms with Crippen molar-refractivity contribution in [3.05, 3.63) is 29.8 Å². The van der Waals surface area contributed by atoms with Crippen LogP contribution in [0.15, 0.2) is 24.3 Å². The molecular formula is C15H21NO3. The minimum absolute atomic E-state index is 0.0181. The zero-order valence-corrected chi connectivity index (χ0v) is 11.7. The maximum absolute atomic E-state index is 11.4. The molecule has 1 unspecified atom stereocenters. The standard InChI is InChI=1S/C15H21NO3/c1-4-8-16(10-11(2)15(18)19)14-7-5-6-13(9-14)12(3)17/h5-7,9,11H,4,8,10H2,1-3H3,(H,18,19). The van der Waals surface area contributed by atoms with Gasteiger partial charge in [-0.1, -0.05) is 26.0 Å². The lowest BCUT2D eigenvalue weighted by Crippen LogP contribution is -2.32. The number of nitrogens with zero attached hydrogens (tertiary/aromatic N) is 1. The van der Waals surface area contributed by atoms with Crippen LogP contribution in [0, 0.1) is 5.92 Å². The number of carboxylic acid groups (broad SMARTS) is 1. The fraction of sp³-hybridized carbons (Fsp3) is 0.467. The molecule has 0 amide bonds. The van der Waals surface area contributed by atoms with Crippen molar-refractivity contribution in [2.45, 2.75) is 27.2 Å². The predicted octanol–water partition coefficient (Wildman–Crippen LogP) is 2.83. The van der Waals surface area contributed by atoms with Crippen LogP contribution < -0.4 is 4.90 Å². The molecule has 1 aromatic rings. The summed E-state index contributed by atoms with van der Waals surface area (Å²) in [5.74, 6) is -1.22. The molecule has 1 atom stereocenters. The molecule has 0 radical (unpaired) electrons. The van der Waals surface area contributed by atoms with E-state index in [0.717, 1.165) is 18.7 Å². The topological polar surface area (TPSA) is 57.6 Å². The normalized spacial score (nSPS) is 11.9. The van der Waals surface area contributed by atoms with Crippen LogP contribution in [-0.2, 0) is 4.79 Å². The molecule has 0 spiro atoms. The average Bonchev–Trinajstić information content (AvgIpc) is 2.38. The number of hydrogen-bond donors (Lipinski definition) is 1. The van der Waals surface area contributed by atoms with Crippen molar-refractivity contribution in [2.75, 3.05) is 18.0 Å². The van der Waals surface area contributed by atoms with Gasteiger partial charge >= 0.3 is 5.97 Å². The number of carbonyl (C=O) groups excluding carboxylic acids is 1. The van der Waals surface area contributed by atoms with Crippen molar-refractivity contribution >= 4 is 17.4 Å². The summed E-state index contributed by atoms with van der Waals surface area (Å²) in [7, 11) is 0. The lowest BCUT2D eigenvalue weighted by atomic mass is 10.1. The zero-order valence-electron chi connectivity index (χ0n) is 11.7. The summed E-state index contributed by atoms with van der Waals surface area (Å²) in [6.07, 6.45) is 0.927. The van der Waals surface area contributed by atoms with E-state index in [1.807, 2.05) is 30.0 Å². The van der Waals surface area contributed by atoms with Crippen molar-refractivity contribution in [1.82, 2.24) is 0 Å². The molecular weight excluding hydrogens is 242 g/mol. The predicted molar refractivity (Wildman–Crippen MR) is 75.8 cm³/mol. The Bertz CT molecular complexity index is 456. The van der Waals surface area contributed by atoms with Crippen molar-refractivity contribution in [2.24, 2.45) is 5.92 Å². The Morgan fingerprint density at radius 2 is 2.05 bits per heavy atom. The molecule has 0 aromatic heterocycles. The number of ketones is 1. The van der Waals surface area contributed by atoms with E-state index in [4.69, 9.17) is 5.11 Å². The summed E-state index contributed by atoms with van der Waals surface area (Å²) in [5, 5.41) is 9.01. The van der Waals surface area contributed by atoms with Gasteiger partial charge in [0.25, 0.3) is 0 Å². The quantitative estimate of drug-likeness (QED) is 0.768. The van der Waals surface area contributed by atoms with Gasteiger partial charge in [-0.3, -0.25) is 9.59 Å². The van der Waals surface area contributed by atoms with Gasteiger partial charge in [-0.05, 0) is 25.5 Å². The SMILES string of the molecule is CCCN(CC(C)C(=O)O)c1cccc(C(C)=O)c1. The molecule has 0 aliphatic heterocycles. The molecule has 1 aromatic carbocycles. The number of hydrogen-bond acceptors (Lipinski definition) is 3. The van der Waals surface area contributed by atoms with E-state index in [1.165, 1.54) is 6.92 Å². The summed E-state index contributed by atoms with van der Waals surface area (Å²) in [4.78, 5) is 24.4. The van der Waals surface area contributed by atoms with Crippen LogP contribution >= 0.6 is 0 Å². The van der Waals surface area contributed by atoms with Crippen LogP contribution in [-0.4, -0.2) is 29.9 Å². The van der Waals surface area contributed by atoms with E-state index in [-0.39, 0.29) is 5.78 Å². The molecule has 0 bridgehead atoms. The average molecular weight is 263 g/mol. The van der Waals surface area contributed by atoms with Gasteiger partial charge in [0, 0.05) is 24.3 Å². The molecule has 0 fully saturated rings. The van der Waals surface area contributed by atoms with Crippen molar-refractivity contribution in [3.8, 4) is 0 Å². The molecule has 0 aliphatic carbocycles. The molecule has 4 heteroatoms. The Morgan fingerprint density at radius 3 is 2.58 bits per heavy atom. The molecule has 1 N–H and O–H groups in total. The third-order valence-corrected chi connectivity index (χ3v) is 3.03. The van der Waals surface area contributed by atoms with E-state index >= 15 is 0 Å². The van der Waals surface area contributed by atoms with Gasteiger partial charge in [-0.25, -0.2) is 0 Å². The number of rotatable bonds is 7. The molecule has 4 nitrogen and oxygen atoms in total. The van der Waals surface area contributed by atoms with E-state index < -0.39 is 11.9 Å². The Labute approximate surface area is 114 Å². The molecule has 0 aliphatic rings. The molecule has 0 heterocycles. The Kier molecular flexibility index (Phi) is 5.55. The van der Waals surface area contributed by atoms with E-state index in [1.54, 1.807) is 13.0 Å². The van der Waals surface area contributed by atoms with Gasteiger partial charge in [0.15, 0.2) is 5.78 Å². The summed E-state index contributed by atoms with van der Waals surface area (Å²) in [6.45, 7) is 6.50. The minimum atomic E-state index is -0.802. The second kappa shape index (κ2) is 6.92. The molecule has 1 rings (SSSR count). The number of Topliss-reactive ketones (excluding diaryl/α,β-unsaturated/α-hetero) is 1.